The van der Waals surface area contributed by atoms with Crippen molar-refractivity contribution in [2.24, 2.45) is 5.92 Å². The first-order valence-corrected chi connectivity index (χ1v) is 5.56. The van der Waals surface area contributed by atoms with Crippen LogP contribution >= 0.6 is 11.6 Å². The molecule has 0 radical (unpaired) electrons. The standard InChI is InChI=1S/C12H16ClFO2/c1-8(5-6-16-2)12(15)9-3-4-10(13)11(14)7-9/h3-4,7-8,12,15H,5-6H2,1-2H3. The van der Waals surface area contributed by atoms with Crippen molar-refractivity contribution in [3.63, 3.8) is 0 Å². The van der Waals surface area contributed by atoms with Crippen LogP contribution < -0.4 is 0 Å². The van der Waals surface area contributed by atoms with E-state index in [0.717, 1.165) is 6.42 Å². The minimum atomic E-state index is -0.693. The molecule has 0 aliphatic heterocycles. The van der Waals surface area contributed by atoms with E-state index in [0.29, 0.717) is 12.2 Å². The normalized spacial score (nSPS) is 14.8. The zero-order valence-corrected chi connectivity index (χ0v) is 10.2. The Morgan fingerprint density at radius 1 is 1.50 bits per heavy atom. The summed E-state index contributed by atoms with van der Waals surface area (Å²) in [4.78, 5) is 0. The SMILES string of the molecule is COCCC(C)C(O)c1ccc(Cl)c(F)c1. The molecular formula is C12H16ClFO2. The van der Waals surface area contributed by atoms with Gasteiger partial charge in [0.25, 0.3) is 0 Å². The number of rotatable bonds is 5. The van der Waals surface area contributed by atoms with Crippen molar-refractivity contribution in [3.05, 3.63) is 34.6 Å². The molecule has 0 aliphatic rings. The van der Waals surface area contributed by atoms with Crippen LogP contribution in [0.5, 0.6) is 0 Å². The molecule has 0 bridgehead atoms. The topological polar surface area (TPSA) is 29.5 Å². The first kappa shape index (κ1) is 13.4. The summed E-state index contributed by atoms with van der Waals surface area (Å²) < 4.78 is 18.1. The van der Waals surface area contributed by atoms with Gasteiger partial charge in [0, 0.05) is 13.7 Å². The van der Waals surface area contributed by atoms with Crippen molar-refractivity contribution < 1.29 is 14.2 Å². The molecule has 0 amide bonds. The van der Waals surface area contributed by atoms with E-state index in [2.05, 4.69) is 0 Å². The molecule has 1 N–H and O–H groups in total. The zero-order valence-electron chi connectivity index (χ0n) is 9.41. The average molecular weight is 247 g/mol. The van der Waals surface area contributed by atoms with Gasteiger partial charge in [0.15, 0.2) is 0 Å². The molecule has 0 saturated heterocycles. The predicted molar refractivity (Wildman–Crippen MR) is 62.0 cm³/mol. The van der Waals surface area contributed by atoms with Gasteiger partial charge in [-0.25, -0.2) is 4.39 Å². The number of ether oxygens (including phenoxy) is 1. The van der Waals surface area contributed by atoms with Gasteiger partial charge in [-0.1, -0.05) is 24.6 Å². The number of aliphatic hydroxyl groups excluding tert-OH is 1. The van der Waals surface area contributed by atoms with Crippen molar-refractivity contribution in [2.75, 3.05) is 13.7 Å². The minimum Gasteiger partial charge on any atom is -0.388 e. The lowest BCUT2D eigenvalue weighted by Crippen LogP contribution is -2.11. The van der Waals surface area contributed by atoms with Crippen LogP contribution in [0.2, 0.25) is 5.02 Å². The lowest BCUT2D eigenvalue weighted by molar-refractivity contribution is 0.0884. The molecule has 90 valence electrons. The van der Waals surface area contributed by atoms with E-state index in [1.807, 2.05) is 6.92 Å². The van der Waals surface area contributed by atoms with Crippen LogP contribution in [0, 0.1) is 11.7 Å². The van der Waals surface area contributed by atoms with Crippen molar-refractivity contribution >= 4 is 11.6 Å². The van der Waals surface area contributed by atoms with Gasteiger partial charge in [0.05, 0.1) is 11.1 Å². The molecule has 0 fully saturated rings. The average Bonchev–Trinajstić information content (AvgIpc) is 2.28. The predicted octanol–water partition coefficient (Wildman–Crippen LogP) is 3.19. The lowest BCUT2D eigenvalue weighted by Gasteiger charge is -2.19. The van der Waals surface area contributed by atoms with E-state index >= 15 is 0 Å². The van der Waals surface area contributed by atoms with Crippen molar-refractivity contribution in [1.29, 1.82) is 0 Å². The summed E-state index contributed by atoms with van der Waals surface area (Å²) in [5.74, 6) is -0.488. The number of benzene rings is 1. The molecule has 0 spiro atoms. The van der Waals surface area contributed by atoms with Gasteiger partial charge < -0.3 is 9.84 Å². The molecule has 2 atom stereocenters. The maximum Gasteiger partial charge on any atom is 0.142 e. The van der Waals surface area contributed by atoms with Crippen LogP contribution in [-0.4, -0.2) is 18.8 Å². The molecule has 0 heterocycles. The van der Waals surface area contributed by atoms with Gasteiger partial charge in [-0.05, 0) is 30.0 Å². The van der Waals surface area contributed by atoms with Crippen LogP contribution in [0.25, 0.3) is 0 Å². The van der Waals surface area contributed by atoms with Crippen LogP contribution in [0.1, 0.15) is 25.0 Å². The molecule has 1 aromatic rings. The Labute approximate surface area is 100.0 Å². The number of hydrogen-bond donors (Lipinski definition) is 1. The first-order valence-electron chi connectivity index (χ1n) is 5.18. The van der Waals surface area contributed by atoms with Gasteiger partial charge in [-0.2, -0.15) is 0 Å². The fourth-order valence-electron chi connectivity index (χ4n) is 1.49. The Morgan fingerprint density at radius 2 is 2.19 bits per heavy atom. The molecule has 1 rings (SSSR count). The highest BCUT2D eigenvalue weighted by molar-refractivity contribution is 6.30. The van der Waals surface area contributed by atoms with Gasteiger partial charge in [-0.3, -0.25) is 0 Å². The van der Waals surface area contributed by atoms with Crippen molar-refractivity contribution in [2.45, 2.75) is 19.4 Å². The third-order valence-electron chi connectivity index (χ3n) is 2.60. The van der Waals surface area contributed by atoms with E-state index in [1.165, 1.54) is 12.1 Å². The zero-order chi connectivity index (χ0) is 12.1. The number of aliphatic hydroxyl groups is 1. The second-order valence-electron chi connectivity index (χ2n) is 3.88. The Bertz CT molecular complexity index is 344. The van der Waals surface area contributed by atoms with Crippen molar-refractivity contribution in [1.82, 2.24) is 0 Å². The molecule has 2 unspecified atom stereocenters. The molecule has 0 aliphatic carbocycles. The van der Waals surface area contributed by atoms with Gasteiger partial charge in [-0.15, -0.1) is 0 Å². The third kappa shape index (κ3) is 3.44. The minimum absolute atomic E-state index is 0.0144. The van der Waals surface area contributed by atoms with E-state index in [-0.39, 0.29) is 10.9 Å². The second-order valence-corrected chi connectivity index (χ2v) is 4.28. The van der Waals surface area contributed by atoms with Crippen LogP contribution in [0.4, 0.5) is 4.39 Å². The largest absolute Gasteiger partial charge is 0.388 e. The number of methoxy groups -OCH3 is 1. The summed E-state index contributed by atoms with van der Waals surface area (Å²) in [6.45, 7) is 2.48. The number of halogens is 2. The van der Waals surface area contributed by atoms with Gasteiger partial charge in [0.2, 0.25) is 0 Å². The monoisotopic (exact) mass is 246 g/mol. The van der Waals surface area contributed by atoms with Gasteiger partial charge >= 0.3 is 0 Å². The van der Waals surface area contributed by atoms with E-state index in [9.17, 15) is 9.50 Å². The summed E-state index contributed by atoms with van der Waals surface area (Å²) in [6.07, 6.45) is 0.0314. The highest BCUT2D eigenvalue weighted by atomic mass is 35.5. The maximum absolute atomic E-state index is 13.2. The first-order chi connectivity index (χ1) is 7.56. The fraction of sp³-hybridized carbons (Fsp3) is 0.500. The molecule has 2 nitrogen and oxygen atoms in total. The molecule has 16 heavy (non-hydrogen) atoms. The fourth-order valence-corrected chi connectivity index (χ4v) is 1.60. The Kier molecular flexibility index (Phi) is 5.19. The molecular weight excluding hydrogens is 231 g/mol. The number of hydrogen-bond acceptors (Lipinski definition) is 2. The van der Waals surface area contributed by atoms with Crippen LogP contribution in [0.15, 0.2) is 18.2 Å². The lowest BCUT2D eigenvalue weighted by atomic mass is 9.95. The van der Waals surface area contributed by atoms with E-state index in [1.54, 1.807) is 13.2 Å². The highest BCUT2D eigenvalue weighted by Gasteiger charge is 2.17. The molecule has 0 aromatic heterocycles. The van der Waals surface area contributed by atoms with Gasteiger partial charge in [0.1, 0.15) is 5.82 Å². The quantitative estimate of drug-likeness (QED) is 0.865. The Balaban J connectivity index is 2.71. The molecule has 1 aromatic carbocycles. The summed E-state index contributed by atoms with van der Waals surface area (Å²) in [5.41, 5.74) is 0.547. The maximum atomic E-state index is 13.2. The third-order valence-corrected chi connectivity index (χ3v) is 2.91. The summed E-state index contributed by atoms with van der Waals surface area (Å²) in [5, 5.41) is 10.0. The van der Waals surface area contributed by atoms with Crippen LogP contribution in [-0.2, 0) is 4.74 Å². The van der Waals surface area contributed by atoms with Crippen molar-refractivity contribution in [3.8, 4) is 0 Å². The molecule has 4 heteroatoms. The Hall–Kier alpha value is -0.640. The second kappa shape index (κ2) is 6.18. The van der Waals surface area contributed by atoms with Crippen LogP contribution in [0.3, 0.4) is 0 Å². The summed E-state index contributed by atoms with van der Waals surface area (Å²) >= 11 is 5.57. The Morgan fingerprint density at radius 3 is 2.75 bits per heavy atom. The summed E-state index contributed by atoms with van der Waals surface area (Å²) in [6, 6.07) is 4.37. The molecule has 0 saturated carbocycles. The van der Waals surface area contributed by atoms with E-state index in [4.69, 9.17) is 16.3 Å². The summed E-state index contributed by atoms with van der Waals surface area (Å²) in [7, 11) is 1.61. The highest BCUT2D eigenvalue weighted by Crippen LogP contribution is 2.26. The van der Waals surface area contributed by atoms with E-state index < -0.39 is 11.9 Å². The smallest absolute Gasteiger partial charge is 0.142 e.